The first kappa shape index (κ1) is 15.3. The monoisotopic (exact) mass is 337 g/mol. The van der Waals surface area contributed by atoms with Crippen molar-refractivity contribution in [3.05, 3.63) is 34.6 Å². The van der Waals surface area contributed by atoms with Crippen molar-refractivity contribution in [2.75, 3.05) is 10.6 Å². The van der Waals surface area contributed by atoms with E-state index in [-0.39, 0.29) is 5.28 Å². The lowest BCUT2D eigenvalue weighted by atomic mass is 9.96. The summed E-state index contributed by atoms with van der Waals surface area (Å²) in [5.74, 6) is 0.914. The van der Waals surface area contributed by atoms with Crippen LogP contribution in [0.3, 0.4) is 0 Å². The van der Waals surface area contributed by atoms with Crippen LogP contribution in [-0.2, 0) is 0 Å². The summed E-state index contributed by atoms with van der Waals surface area (Å²) in [5.41, 5.74) is 0.804. The van der Waals surface area contributed by atoms with E-state index in [0.717, 1.165) is 18.5 Å². The SMILES string of the molecule is Clc1cccc(Nc2nc(Cl)nc(NC3CCCCC3)n2)c1. The van der Waals surface area contributed by atoms with Crippen molar-refractivity contribution in [3.63, 3.8) is 0 Å². The summed E-state index contributed by atoms with van der Waals surface area (Å²) in [6.07, 6.45) is 6.06. The van der Waals surface area contributed by atoms with E-state index in [1.807, 2.05) is 18.2 Å². The van der Waals surface area contributed by atoms with Crippen LogP contribution in [0.1, 0.15) is 32.1 Å². The molecule has 0 unspecified atom stereocenters. The Balaban J connectivity index is 1.74. The first-order valence-electron chi connectivity index (χ1n) is 7.40. The molecule has 0 radical (unpaired) electrons. The first-order valence-corrected chi connectivity index (χ1v) is 8.15. The van der Waals surface area contributed by atoms with Crippen LogP contribution in [0.5, 0.6) is 0 Å². The molecule has 5 nitrogen and oxygen atoms in total. The van der Waals surface area contributed by atoms with Gasteiger partial charge >= 0.3 is 0 Å². The fourth-order valence-electron chi connectivity index (χ4n) is 2.60. The van der Waals surface area contributed by atoms with Gasteiger partial charge in [0.15, 0.2) is 0 Å². The van der Waals surface area contributed by atoms with Gasteiger partial charge < -0.3 is 10.6 Å². The summed E-state index contributed by atoms with van der Waals surface area (Å²) in [6.45, 7) is 0. The molecule has 0 spiro atoms. The van der Waals surface area contributed by atoms with Crippen LogP contribution in [-0.4, -0.2) is 21.0 Å². The Hall–Kier alpha value is -1.59. The zero-order valence-corrected chi connectivity index (χ0v) is 13.5. The molecule has 1 fully saturated rings. The minimum Gasteiger partial charge on any atom is -0.351 e. The predicted molar refractivity (Wildman–Crippen MR) is 90.1 cm³/mol. The van der Waals surface area contributed by atoms with Crippen LogP contribution < -0.4 is 10.6 Å². The average Bonchev–Trinajstić information content (AvgIpc) is 2.47. The second kappa shape index (κ2) is 7.11. The van der Waals surface area contributed by atoms with Crippen LogP contribution in [0.15, 0.2) is 24.3 Å². The normalized spacial score (nSPS) is 15.5. The van der Waals surface area contributed by atoms with E-state index in [0.29, 0.717) is 23.0 Å². The predicted octanol–water partition coefficient (Wildman–Crippen LogP) is 4.67. The van der Waals surface area contributed by atoms with Crippen LogP contribution in [0, 0.1) is 0 Å². The van der Waals surface area contributed by atoms with E-state index in [1.54, 1.807) is 6.07 Å². The van der Waals surface area contributed by atoms with E-state index in [1.165, 1.54) is 19.3 Å². The largest absolute Gasteiger partial charge is 0.351 e. The molecule has 1 saturated carbocycles. The molecule has 22 heavy (non-hydrogen) atoms. The number of nitrogens with one attached hydrogen (secondary N) is 2. The van der Waals surface area contributed by atoms with E-state index in [9.17, 15) is 0 Å². The Kier molecular flexibility index (Phi) is 4.95. The molecule has 0 amide bonds. The summed E-state index contributed by atoms with van der Waals surface area (Å²) in [4.78, 5) is 12.6. The third kappa shape index (κ3) is 4.21. The van der Waals surface area contributed by atoms with Crippen molar-refractivity contribution < 1.29 is 0 Å². The first-order chi connectivity index (χ1) is 10.7. The van der Waals surface area contributed by atoms with Gasteiger partial charge in [-0.1, -0.05) is 36.9 Å². The number of rotatable bonds is 4. The molecule has 0 saturated heterocycles. The van der Waals surface area contributed by atoms with Crippen molar-refractivity contribution in [1.82, 2.24) is 15.0 Å². The van der Waals surface area contributed by atoms with E-state index >= 15 is 0 Å². The van der Waals surface area contributed by atoms with Crippen LogP contribution in [0.4, 0.5) is 17.6 Å². The van der Waals surface area contributed by atoms with E-state index in [2.05, 4.69) is 25.6 Å². The lowest BCUT2D eigenvalue weighted by Gasteiger charge is -2.22. The summed E-state index contributed by atoms with van der Waals surface area (Å²) in [6, 6.07) is 7.76. The third-order valence-corrected chi connectivity index (χ3v) is 4.03. The smallest absolute Gasteiger partial charge is 0.233 e. The van der Waals surface area contributed by atoms with Crippen molar-refractivity contribution in [2.24, 2.45) is 0 Å². The number of hydrogen-bond donors (Lipinski definition) is 2. The lowest BCUT2D eigenvalue weighted by Crippen LogP contribution is -2.23. The van der Waals surface area contributed by atoms with Crippen molar-refractivity contribution in [3.8, 4) is 0 Å². The second-order valence-corrected chi connectivity index (χ2v) is 6.14. The Morgan fingerprint density at radius 1 is 0.955 bits per heavy atom. The number of hydrogen-bond acceptors (Lipinski definition) is 5. The molecule has 0 aliphatic heterocycles. The molecule has 2 N–H and O–H groups in total. The van der Waals surface area contributed by atoms with Crippen molar-refractivity contribution >= 4 is 40.8 Å². The summed E-state index contributed by atoms with van der Waals surface area (Å²) in [7, 11) is 0. The fraction of sp³-hybridized carbons (Fsp3) is 0.400. The number of benzene rings is 1. The maximum Gasteiger partial charge on any atom is 0.233 e. The maximum atomic E-state index is 6.00. The quantitative estimate of drug-likeness (QED) is 0.848. The van der Waals surface area contributed by atoms with Crippen molar-refractivity contribution in [2.45, 2.75) is 38.1 Å². The molecule has 1 heterocycles. The van der Waals surface area contributed by atoms with Gasteiger partial charge in [-0.25, -0.2) is 0 Å². The number of nitrogens with zero attached hydrogens (tertiary/aromatic N) is 3. The molecule has 116 valence electrons. The van der Waals surface area contributed by atoms with E-state index in [4.69, 9.17) is 23.2 Å². The highest BCUT2D eigenvalue weighted by molar-refractivity contribution is 6.30. The molecule has 1 aromatic carbocycles. The van der Waals surface area contributed by atoms with Gasteiger partial charge in [-0.2, -0.15) is 15.0 Å². The third-order valence-electron chi connectivity index (χ3n) is 3.63. The van der Waals surface area contributed by atoms with Crippen molar-refractivity contribution in [1.29, 1.82) is 0 Å². The van der Waals surface area contributed by atoms with Gasteiger partial charge in [0.25, 0.3) is 0 Å². The molecule has 1 aliphatic rings. The van der Waals surface area contributed by atoms with Gasteiger partial charge in [0.1, 0.15) is 0 Å². The van der Waals surface area contributed by atoms with Crippen LogP contribution in [0.25, 0.3) is 0 Å². The molecule has 2 aromatic rings. The standard InChI is InChI=1S/C15H17Cl2N5/c16-10-5-4-8-12(9-10)19-15-21-13(17)20-14(22-15)18-11-6-2-1-3-7-11/h4-5,8-9,11H,1-3,6-7H2,(H2,18,19,20,21,22). The zero-order chi connectivity index (χ0) is 15.4. The minimum absolute atomic E-state index is 0.165. The molecule has 0 atom stereocenters. The molecule has 7 heteroatoms. The minimum atomic E-state index is 0.165. The zero-order valence-electron chi connectivity index (χ0n) is 12.0. The van der Waals surface area contributed by atoms with Gasteiger partial charge in [0.05, 0.1) is 0 Å². The second-order valence-electron chi connectivity index (χ2n) is 5.37. The number of anilines is 3. The maximum absolute atomic E-state index is 6.00. The van der Waals surface area contributed by atoms with Gasteiger partial charge in [-0.3, -0.25) is 0 Å². The molecule has 0 bridgehead atoms. The topological polar surface area (TPSA) is 62.7 Å². The van der Waals surface area contributed by atoms with Gasteiger partial charge in [0, 0.05) is 16.8 Å². The van der Waals surface area contributed by atoms with Crippen LogP contribution >= 0.6 is 23.2 Å². The molecular formula is C15H17Cl2N5. The highest BCUT2D eigenvalue weighted by Crippen LogP contribution is 2.22. The summed E-state index contributed by atoms with van der Waals surface area (Å²) < 4.78 is 0. The number of halogens is 2. The van der Waals surface area contributed by atoms with Gasteiger partial charge in [-0.05, 0) is 42.6 Å². The molecule has 1 aliphatic carbocycles. The molecular weight excluding hydrogens is 321 g/mol. The lowest BCUT2D eigenvalue weighted by molar-refractivity contribution is 0.461. The Labute approximate surface area is 139 Å². The highest BCUT2D eigenvalue weighted by Gasteiger charge is 2.15. The Morgan fingerprint density at radius 2 is 1.73 bits per heavy atom. The molecule has 1 aromatic heterocycles. The molecule has 3 rings (SSSR count). The summed E-state index contributed by atoms with van der Waals surface area (Å²) >= 11 is 12.0. The number of aromatic nitrogens is 3. The Bertz CT molecular complexity index is 644. The van der Waals surface area contributed by atoms with Gasteiger partial charge in [0.2, 0.25) is 17.2 Å². The van der Waals surface area contributed by atoms with Crippen LogP contribution in [0.2, 0.25) is 10.3 Å². The average molecular weight is 338 g/mol. The summed E-state index contributed by atoms with van der Waals surface area (Å²) in [5, 5.41) is 7.25. The fourth-order valence-corrected chi connectivity index (χ4v) is 2.95. The van der Waals surface area contributed by atoms with Gasteiger partial charge in [-0.15, -0.1) is 0 Å². The Morgan fingerprint density at radius 3 is 2.50 bits per heavy atom. The highest BCUT2D eigenvalue weighted by atomic mass is 35.5. The van der Waals surface area contributed by atoms with E-state index < -0.39 is 0 Å².